The Bertz CT molecular complexity index is 1600. The molecule has 1 aromatic carbocycles. The first-order valence-corrected chi connectivity index (χ1v) is 13.4. The van der Waals surface area contributed by atoms with Crippen LogP contribution in [0.15, 0.2) is 134 Å². The van der Waals surface area contributed by atoms with E-state index in [9.17, 15) is 0 Å². The molecule has 0 amide bonds. The van der Waals surface area contributed by atoms with E-state index in [2.05, 4.69) is 48.7 Å². The summed E-state index contributed by atoms with van der Waals surface area (Å²) in [5, 5.41) is 3.92. The Balaban J connectivity index is 1.32. The van der Waals surface area contributed by atoms with Gasteiger partial charge in [-0.25, -0.2) is 20.0 Å². The van der Waals surface area contributed by atoms with Gasteiger partial charge in [0.25, 0.3) is 0 Å². The van der Waals surface area contributed by atoms with Crippen LogP contribution in [0, 0.1) is 0 Å². The number of nitrogens with zero attached hydrogens (tertiary/aromatic N) is 4. The lowest BCUT2D eigenvalue weighted by Gasteiger charge is -2.36. The molecule has 186 valence electrons. The number of hydrogen-bond donors (Lipinski definition) is 1. The summed E-state index contributed by atoms with van der Waals surface area (Å²) in [7, 11) is 0. The fourth-order valence-corrected chi connectivity index (χ4v) is 5.72. The summed E-state index contributed by atoms with van der Waals surface area (Å²) >= 11 is 0. The van der Waals surface area contributed by atoms with Crippen LogP contribution < -0.4 is 5.32 Å². The molecule has 8 bridgehead atoms. The Morgan fingerprint density at radius 2 is 1.18 bits per heavy atom. The molecule has 0 saturated heterocycles. The van der Waals surface area contributed by atoms with Crippen molar-refractivity contribution in [3.8, 4) is 0 Å². The van der Waals surface area contributed by atoms with Crippen LogP contribution in [0.5, 0.6) is 0 Å². The van der Waals surface area contributed by atoms with Crippen molar-refractivity contribution in [1.29, 1.82) is 0 Å². The zero-order valence-corrected chi connectivity index (χ0v) is 21.5. The standard InChI is InChI=1S/C33H29N5/c1-33(15-5-2-6-16-33)38-31-8-4-3-7-29(31)30-20-28-19-26-12-11-24(35-26)17-22-9-10-23(34-22)18-25-13-14-27(36-25)21-32(30)37-28/h3-4,7-14,17-21,38H,2,5-6,15-16H2,1H3. The van der Waals surface area contributed by atoms with Crippen LogP contribution in [0.1, 0.15) is 44.6 Å². The minimum absolute atomic E-state index is 0.109. The monoisotopic (exact) mass is 495 g/mol. The van der Waals surface area contributed by atoms with Crippen LogP contribution in [0.3, 0.4) is 0 Å². The second-order valence-corrected chi connectivity index (χ2v) is 10.7. The van der Waals surface area contributed by atoms with Gasteiger partial charge >= 0.3 is 0 Å². The highest BCUT2D eigenvalue weighted by atomic mass is 15.0. The maximum absolute atomic E-state index is 5.05. The van der Waals surface area contributed by atoms with E-state index in [0.717, 1.165) is 62.5 Å². The molecule has 1 fully saturated rings. The summed E-state index contributed by atoms with van der Waals surface area (Å²) in [5.41, 5.74) is 10.6. The molecule has 5 heterocycles. The number of rotatable bonds is 3. The number of aliphatic imine (C=N–C) groups is 4. The summed E-state index contributed by atoms with van der Waals surface area (Å²) in [6, 6.07) is 8.61. The number of nitrogens with one attached hydrogen (secondary N) is 1. The molecule has 5 nitrogen and oxygen atoms in total. The van der Waals surface area contributed by atoms with Crippen LogP contribution >= 0.6 is 0 Å². The largest absolute Gasteiger partial charge is 0.379 e. The summed E-state index contributed by atoms with van der Waals surface area (Å²) in [6.07, 6.45) is 28.7. The van der Waals surface area contributed by atoms with Crippen molar-refractivity contribution in [2.45, 2.75) is 44.6 Å². The Kier molecular flexibility index (Phi) is 5.50. The molecule has 38 heavy (non-hydrogen) atoms. The van der Waals surface area contributed by atoms with E-state index < -0.39 is 0 Å². The van der Waals surface area contributed by atoms with Gasteiger partial charge in [-0.2, -0.15) is 0 Å². The Labute approximate surface area is 223 Å². The zero-order valence-electron chi connectivity index (χ0n) is 21.5. The molecular formula is C33H29N5. The molecule has 1 aliphatic carbocycles. The van der Waals surface area contributed by atoms with Crippen LogP contribution in [0.4, 0.5) is 5.69 Å². The van der Waals surface area contributed by atoms with Gasteiger partial charge in [-0.3, -0.25) is 0 Å². The van der Waals surface area contributed by atoms with Gasteiger partial charge in [-0.1, -0.05) is 37.5 Å². The first-order valence-electron chi connectivity index (χ1n) is 13.4. The van der Waals surface area contributed by atoms with Crippen molar-refractivity contribution in [3.05, 3.63) is 119 Å². The minimum Gasteiger partial charge on any atom is -0.379 e. The maximum atomic E-state index is 5.05. The second kappa shape index (κ2) is 9.18. The van der Waals surface area contributed by atoms with Crippen LogP contribution in [-0.4, -0.2) is 28.4 Å². The summed E-state index contributed by atoms with van der Waals surface area (Å²) in [6.45, 7) is 2.36. The van der Waals surface area contributed by atoms with Crippen molar-refractivity contribution in [1.82, 2.24) is 0 Å². The van der Waals surface area contributed by atoms with E-state index in [1.807, 2.05) is 54.7 Å². The number of anilines is 1. The third kappa shape index (κ3) is 4.56. The van der Waals surface area contributed by atoms with E-state index in [1.54, 1.807) is 0 Å². The predicted octanol–water partition coefficient (Wildman–Crippen LogP) is 7.24. The molecule has 1 N–H and O–H groups in total. The quantitative estimate of drug-likeness (QED) is 0.472. The second-order valence-electron chi connectivity index (χ2n) is 10.7. The molecule has 1 aromatic rings. The van der Waals surface area contributed by atoms with Gasteiger partial charge in [-0.15, -0.1) is 0 Å². The fraction of sp³-hybridized carbons (Fsp3) is 0.212. The Morgan fingerprint density at radius 1 is 0.605 bits per heavy atom. The number of fused-ring (bicyclic) bond motifs is 4. The van der Waals surface area contributed by atoms with Gasteiger partial charge in [0.15, 0.2) is 0 Å². The van der Waals surface area contributed by atoms with Crippen molar-refractivity contribution >= 4 is 34.1 Å². The molecule has 0 radical (unpaired) electrons. The molecule has 7 rings (SSSR count). The van der Waals surface area contributed by atoms with Crippen LogP contribution in [-0.2, 0) is 0 Å². The van der Waals surface area contributed by atoms with Gasteiger partial charge < -0.3 is 5.32 Å². The van der Waals surface area contributed by atoms with E-state index >= 15 is 0 Å². The SMILES string of the molecule is CC1(Nc2ccccc2C2=CC3=NC2=CC2=NC(=CC4=NC(=CC5=NC(=C3)C=C5)C=C4)C=C2)CCCCC1. The molecule has 0 aromatic heterocycles. The summed E-state index contributed by atoms with van der Waals surface area (Å²) < 4.78 is 0. The van der Waals surface area contributed by atoms with Gasteiger partial charge in [-0.05, 0) is 92.7 Å². The van der Waals surface area contributed by atoms with Crippen molar-refractivity contribution in [2.75, 3.05) is 5.32 Å². The topological polar surface area (TPSA) is 61.5 Å². The molecule has 0 unspecified atom stereocenters. The maximum Gasteiger partial charge on any atom is 0.0738 e. The van der Waals surface area contributed by atoms with E-state index in [4.69, 9.17) is 20.0 Å². The van der Waals surface area contributed by atoms with Crippen molar-refractivity contribution in [3.63, 3.8) is 0 Å². The first kappa shape index (κ1) is 22.8. The smallest absolute Gasteiger partial charge is 0.0738 e. The first-order chi connectivity index (χ1) is 18.6. The number of allylic oxidation sites excluding steroid dienone is 12. The van der Waals surface area contributed by atoms with E-state index in [1.165, 1.54) is 32.1 Å². The lowest BCUT2D eigenvalue weighted by Crippen LogP contribution is -2.37. The predicted molar refractivity (Wildman–Crippen MR) is 159 cm³/mol. The molecule has 5 aliphatic heterocycles. The van der Waals surface area contributed by atoms with E-state index in [0.29, 0.717) is 0 Å². The highest BCUT2D eigenvalue weighted by molar-refractivity contribution is 6.19. The average Bonchev–Trinajstić information content (AvgIpc) is 3.70. The van der Waals surface area contributed by atoms with Gasteiger partial charge in [0.05, 0.1) is 45.6 Å². The molecular weight excluding hydrogens is 466 g/mol. The number of hydrogen-bond acceptors (Lipinski definition) is 5. The lowest BCUT2D eigenvalue weighted by atomic mass is 9.83. The fourth-order valence-electron chi connectivity index (χ4n) is 5.72. The molecule has 0 atom stereocenters. The third-order valence-electron chi connectivity index (χ3n) is 7.65. The normalized spacial score (nSPS) is 22.6. The number of para-hydroxylation sites is 1. The van der Waals surface area contributed by atoms with Crippen LogP contribution in [0.25, 0.3) is 5.57 Å². The van der Waals surface area contributed by atoms with Gasteiger partial charge in [0.1, 0.15) is 0 Å². The van der Waals surface area contributed by atoms with Gasteiger partial charge in [0.2, 0.25) is 0 Å². The minimum atomic E-state index is 0.109. The van der Waals surface area contributed by atoms with Crippen molar-refractivity contribution in [2.24, 2.45) is 20.0 Å². The Hall–Kier alpha value is -4.38. The number of benzene rings is 1. The van der Waals surface area contributed by atoms with Crippen LogP contribution in [0.2, 0.25) is 0 Å². The molecule has 1 saturated carbocycles. The summed E-state index contributed by atoms with van der Waals surface area (Å²) in [5.74, 6) is 0. The molecule has 0 spiro atoms. The Morgan fingerprint density at radius 3 is 1.84 bits per heavy atom. The molecule has 6 aliphatic rings. The third-order valence-corrected chi connectivity index (χ3v) is 7.65. The van der Waals surface area contributed by atoms with Crippen molar-refractivity contribution < 1.29 is 0 Å². The summed E-state index contributed by atoms with van der Waals surface area (Å²) in [4.78, 5) is 19.4. The molecule has 5 heteroatoms. The highest BCUT2D eigenvalue weighted by Crippen LogP contribution is 2.38. The lowest BCUT2D eigenvalue weighted by molar-refractivity contribution is 0.349. The average molecular weight is 496 g/mol. The zero-order chi connectivity index (χ0) is 25.5. The van der Waals surface area contributed by atoms with E-state index in [-0.39, 0.29) is 5.54 Å². The highest BCUT2D eigenvalue weighted by Gasteiger charge is 2.28. The van der Waals surface area contributed by atoms with Gasteiger partial charge in [0, 0.05) is 22.4 Å².